The maximum atomic E-state index is 10.9. The Kier molecular flexibility index (Phi) is 16.4. The topological polar surface area (TPSA) is 46.2 Å². The van der Waals surface area contributed by atoms with Crippen molar-refractivity contribution in [2.24, 2.45) is 5.92 Å². The van der Waals surface area contributed by atoms with Gasteiger partial charge in [0.15, 0.2) is 0 Å². The van der Waals surface area contributed by atoms with Crippen LogP contribution in [0.3, 0.4) is 0 Å². The van der Waals surface area contributed by atoms with E-state index in [4.69, 9.17) is 11.6 Å². The van der Waals surface area contributed by atoms with Crippen LogP contribution < -0.4 is 56.7 Å². The van der Waals surface area contributed by atoms with Crippen molar-refractivity contribution >= 4 is 45.4 Å². The fourth-order valence-electron chi connectivity index (χ4n) is 2.71. The second kappa shape index (κ2) is 16.8. The molecular formula is C27H29BrClKNO2-. The Morgan fingerprint density at radius 2 is 1.67 bits per heavy atom. The Morgan fingerprint density at radius 1 is 1.06 bits per heavy atom. The van der Waals surface area contributed by atoms with Crippen LogP contribution in [0.4, 0.5) is 5.69 Å². The van der Waals surface area contributed by atoms with Gasteiger partial charge >= 0.3 is 51.4 Å². The van der Waals surface area contributed by atoms with Crippen molar-refractivity contribution in [3.63, 3.8) is 0 Å². The summed E-state index contributed by atoms with van der Waals surface area (Å²) in [7, 11) is 0. The van der Waals surface area contributed by atoms with E-state index in [0.717, 1.165) is 38.3 Å². The van der Waals surface area contributed by atoms with E-state index in [9.17, 15) is 9.59 Å². The van der Waals surface area contributed by atoms with Crippen LogP contribution >= 0.6 is 27.5 Å². The fraction of sp³-hybridized carbons (Fsp3) is 0.259. The second-order valence-corrected chi connectivity index (χ2v) is 8.94. The van der Waals surface area contributed by atoms with Crippen molar-refractivity contribution in [2.75, 3.05) is 5.32 Å². The molecular weight excluding hydrogens is 525 g/mol. The van der Waals surface area contributed by atoms with Crippen molar-refractivity contribution in [1.29, 1.82) is 0 Å². The number of anilines is 1. The van der Waals surface area contributed by atoms with Gasteiger partial charge in [-0.15, -0.1) is 36.2 Å². The van der Waals surface area contributed by atoms with Crippen molar-refractivity contribution < 1.29 is 61.0 Å². The van der Waals surface area contributed by atoms with E-state index < -0.39 is 0 Å². The molecule has 0 saturated carbocycles. The molecule has 0 fully saturated rings. The van der Waals surface area contributed by atoms with E-state index in [1.54, 1.807) is 0 Å². The summed E-state index contributed by atoms with van der Waals surface area (Å²) in [6.07, 6.45) is 2.66. The number of halogens is 2. The molecule has 33 heavy (non-hydrogen) atoms. The molecule has 1 aliphatic rings. The molecule has 3 nitrogen and oxygen atoms in total. The summed E-state index contributed by atoms with van der Waals surface area (Å²) >= 11 is 9.18. The summed E-state index contributed by atoms with van der Waals surface area (Å²) in [5.74, 6) is 0.909. The molecule has 1 aliphatic heterocycles. The van der Waals surface area contributed by atoms with Gasteiger partial charge in [0.25, 0.3) is 0 Å². The normalized spacial score (nSPS) is 10.8. The van der Waals surface area contributed by atoms with Gasteiger partial charge in [0.1, 0.15) is 0 Å². The van der Waals surface area contributed by atoms with Crippen LogP contribution in [0.2, 0.25) is 5.02 Å². The van der Waals surface area contributed by atoms with Crippen molar-refractivity contribution in [2.45, 2.75) is 41.0 Å². The summed E-state index contributed by atoms with van der Waals surface area (Å²) in [5.41, 5.74) is 4.85. The molecule has 0 bridgehead atoms. The average molecular weight is 554 g/mol. The molecule has 1 N–H and O–H groups in total. The Balaban J connectivity index is 0.000000528. The van der Waals surface area contributed by atoms with Crippen LogP contribution in [0, 0.1) is 12.0 Å². The molecule has 0 saturated heterocycles. The van der Waals surface area contributed by atoms with E-state index in [1.165, 1.54) is 0 Å². The van der Waals surface area contributed by atoms with Crippen LogP contribution in [0.25, 0.3) is 11.1 Å². The zero-order chi connectivity index (χ0) is 22.8. The summed E-state index contributed by atoms with van der Waals surface area (Å²) < 4.78 is 0.959. The predicted octanol–water partition coefficient (Wildman–Crippen LogP) is 4.71. The maximum Gasteiger partial charge on any atom is 1.00 e. The average Bonchev–Trinajstić information content (AvgIpc) is 3.11. The second-order valence-electron chi connectivity index (χ2n) is 7.65. The molecule has 0 unspecified atom stereocenters. The fourth-order valence-corrected chi connectivity index (χ4v) is 3.34. The number of carbonyl (C=O) groups is 1. The van der Waals surface area contributed by atoms with E-state index in [1.807, 2.05) is 66.9 Å². The molecule has 1 amide bonds. The summed E-state index contributed by atoms with van der Waals surface area (Å²) in [6, 6.07) is 22.3. The first kappa shape index (κ1) is 32.2. The van der Waals surface area contributed by atoms with E-state index in [2.05, 4.69) is 48.1 Å². The zero-order valence-corrected chi connectivity index (χ0v) is 24.3. The Morgan fingerprint density at radius 3 is 2.24 bits per heavy atom. The Hall–Kier alpha value is -0.794. The standard InChI is InChI=1S/C14H9ClO.C8H6BrNO.C4H10.CH4.K/c15-14-6-4-12(5-7-14)13-3-1-2-11(10-13)8-9-16;9-6-3-1-2-5-4-7(11)10-8(5)6;1-4(2)3;;/h1-7H,8H2;1-3H,4H2,(H,10,11);4H,1-3H3;1H4;/q-2;;;;+1. The Labute approximate surface area is 254 Å². The smallest absolute Gasteiger partial charge is 0.542 e. The van der Waals surface area contributed by atoms with E-state index in [0.29, 0.717) is 11.4 Å². The van der Waals surface area contributed by atoms with E-state index in [-0.39, 0.29) is 71.1 Å². The Bertz CT molecular complexity index is 1020. The number of carbonyl (C=O) groups excluding carboxylic acids is 2. The van der Waals surface area contributed by atoms with Gasteiger partial charge < -0.3 is 10.1 Å². The van der Waals surface area contributed by atoms with Gasteiger partial charge in [0.05, 0.1) is 12.1 Å². The minimum Gasteiger partial charge on any atom is -0.542 e. The molecule has 3 aromatic rings. The minimum atomic E-state index is 0. The van der Waals surface area contributed by atoms with Gasteiger partial charge in [0, 0.05) is 9.50 Å². The molecule has 170 valence electrons. The first-order valence-corrected chi connectivity index (χ1v) is 11.2. The molecule has 0 atom stereocenters. The number of amides is 1. The molecule has 0 aromatic heterocycles. The van der Waals surface area contributed by atoms with Gasteiger partial charge in [-0.05, 0) is 33.5 Å². The third kappa shape index (κ3) is 11.5. The van der Waals surface area contributed by atoms with Crippen LogP contribution in [0.15, 0.2) is 65.1 Å². The van der Waals surface area contributed by atoms with Crippen LogP contribution in [0.1, 0.15) is 39.3 Å². The molecule has 0 aliphatic carbocycles. The molecule has 1 heterocycles. The third-order valence-corrected chi connectivity index (χ3v) is 4.90. The van der Waals surface area contributed by atoms with Gasteiger partial charge in [-0.2, -0.15) is 5.56 Å². The number of benzene rings is 3. The molecule has 0 radical (unpaired) electrons. The van der Waals surface area contributed by atoms with Crippen LogP contribution in [-0.4, -0.2) is 12.2 Å². The SMILES string of the molecule is C.CC(C)C.O=C1Cc2cccc(Br)c2N1.O=[C-]Cc1[c-]c(-c2ccc(Cl)cc2)ccc1.[K+]. The summed E-state index contributed by atoms with van der Waals surface area (Å²) in [6.45, 7) is 6.50. The van der Waals surface area contributed by atoms with Crippen molar-refractivity contribution in [3.05, 3.63) is 87.4 Å². The van der Waals surface area contributed by atoms with Gasteiger partial charge in [-0.25, -0.2) is 0 Å². The number of para-hydroxylation sites is 1. The number of rotatable bonds is 3. The summed E-state index contributed by atoms with van der Waals surface area (Å²) in [4.78, 5) is 21.2. The van der Waals surface area contributed by atoms with Gasteiger partial charge in [-0.3, -0.25) is 11.1 Å². The zero-order valence-electron chi connectivity index (χ0n) is 18.8. The van der Waals surface area contributed by atoms with Gasteiger partial charge in [-0.1, -0.05) is 81.8 Å². The number of nitrogens with one attached hydrogen (secondary N) is 1. The quantitative estimate of drug-likeness (QED) is 0.377. The van der Waals surface area contributed by atoms with E-state index >= 15 is 0 Å². The third-order valence-electron chi connectivity index (χ3n) is 3.99. The number of fused-ring (bicyclic) bond motifs is 1. The van der Waals surface area contributed by atoms with Crippen molar-refractivity contribution in [1.82, 2.24) is 0 Å². The number of hydrogen-bond donors (Lipinski definition) is 1. The minimum absolute atomic E-state index is 0. The largest absolute Gasteiger partial charge is 1.00 e. The van der Waals surface area contributed by atoms with Crippen molar-refractivity contribution in [3.8, 4) is 11.1 Å². The molecule has 3 aromatic carbocycles. The molecule has 4 rings (SSSR count). The molecule has 6 heteroatoms. The first-order valence-electron chi connectivity index (χ1n) is 9.99. The predicted molar refractivity (Wildman–Crippen MR) is 139 cm³/mol. The first-order chi connectivity index (χ1) is 14.8. The molecule has 0 spiro atoms. The summed E-state index contributed by atoms with van der Waals surface area (Å²) in [5, 5.41) is 3.49. The maximum absolute atomic E-state index is 10.9. The monoisotopic (exact) mass is 552 g/mol. The van der Waals surface area contributed by atoms with Crippen LogP contribution in [-0.2, 0) is 22.4 Å². The van der Waals surface area contributed by atoms with Gasteiger partial charge in [0.2, 0.25) is 5.91 Å². The van der Waals surface area contributed by atoms with Crippen LogP contribution in [0.5, 0.6) is 0 Å². The number of hydrogen-bond acceptors (Lipinski definition) is 2.